The van der Waals surface area contributed by atoms with Gasteiger partial charge in [0.1, 0.15) is 5.78 Å². The Morgan fingerprint density at radius 1 is 0.500 bits per heavy atom. The summed E-state index contributed by atoms with van der Waals surface area (Å²) in [7, 11) is 0. The molecule has 0 aliphatic heterocycles. The van der Waals surface area contributed by atoms with E-state index in [1.807, 2.05) is 25.0 Å². The van der Waals surface area contributed by atoms with Crippen LogP contribution in [0.5, 0.6) is 0 Å². The normalized spacial score (nSPS) is 2.58. The molecule has 0 bridgehead atoms. The zero-order chi connectivity index (χ0) is 8.99. The van der Waals surface area contributed by atoms with Crippen molar-refractivity contribution in [2.75, 3.05) is 25.0 Å². The molecule has 0 rings (SSSR count). The first kappa shape index (κ1) is 212. The molecular formula is C20H69OS2Y-. The van der Waals surface area contributed by atoms with Gasteiger partial charge >= 0.3 is 0 Å². The predicted octanol–water partition coefficient (Wildman–Crippen LogP) is 10.6. The predicted molar refractivity (Wildman–Crippen MR) is 142 cm³/mol. The van der Waals surface area contributed by atoms with E-state index in [1.165, 1.54) is 13.8 Å². The molecule has 4 heteroatoms. The summed E-state index contributed by atoms with van der Waals surface area (Å²) in [5.41, 5.74) is 0. The Morgan fingerprint density at radius 2 is 0.500 bits per heavy atom. The van der Waals surface area contributed by atoms with Crippen molar-refractivity contribution in [3.8, 4) is 0 Å². The average Bonchev–Trinajstić information content (AvgIpc) is 1.65. The van der Waals surface area contributed by atoms with Crippen molar-refractivity contribution in [3.63, 3.8) is 0 Å². The van der Waals surface area contributed by atoms with Crippen LogP contribution in [0.3, 0.4) is 0 Å². The Morgan fingerprint density at radius 3 is 0.500 bits per heavy atom. The molecule has 0 aliphatic rings. The molecule has 0 atom stereocenters. The number of carbonyl (C=O) groups excluding carboxylic acids is 1. The van der Waals surface area contributed by atoms with Crippen LogP contribution in [0.25, 0.3) is 0 Å². The molecule has 0 N–H and O–H groups in total. The molecule has 0 amide bonds. The summed E-state index contributed by atoms with van der Waals surface area (Å²) in [6.45, 7) is 3.06. The summed E-state index contributed by atoms with van der Waals surface area (Å²) < 4.78 is 0. The van der Waals surface area contributed by atoms with Crippen LogP contribution in [0.2, 0.25) is 0 Å². The molecule has 0 fully saturated rings. The Hall–Kier alpha value is 1.47. The topological polar surface area (TPSA) is 17.1 Å². The molecule has 0 spiro atoms. The van der Waals surface area contributed by atoms with Crippen molar-refractivity contribution in [2.24, 2.45) is 0 Å². The van der Waals surface area contributed by atoms with Crippen molar-refractivity contribution >= 4 is 29.3 Å². The van der Waals surface area contributed by atoms with Crippen LogP contribution in [-0.4, -0.2) is 30.8 Å². The fourth-order valence-electron chi connectivity index (χ4n) is 0. The fraction of sp³-hybridized carbons (Fsp3) is 0.900. The second kappa shape index (κ2) is 322. The standard InChI is InChI=1S/C3H6O.2C2H6S.12CH4.CH3.Y/c1-3(2)4;2*1-3-2;;;;;;;;;;;;;;/h1-2H3;2*1-2H3;12*1H4;1H3;/q;;;;;;;;;;;;;;;-1;. The number of rotatable bonds is 0. The minimum atomic E-state index is 0. The zero-order valence-corrected chi connectivity index (χ0v) is 13.8. The number of Topliss-reactive ketones (excluding diaryl/α,β-unsaturated/α-hetero) is 1. The molecule has 171 valence electrons. The van der Waals surface area contributed by atoms with Crippen molar-refractivity contribution in [1.82, 2.24) is 0 Å². The van der Waals surface area contributed by atoms with Crippen molar-refractivity contribution in [3.05, 3.63) is 7.43 Å². The second-order valence-electron chi connectivity index (χ2n) is 1.72. The van der Waals surface area contributed by atoms with E-state index in [0.717, 1.165) is 0 Å². The molecule has 1 radical (unpaired) electrons. The van der Waals surface area contributed by atoms with Gasteiger partial charge in [-0.25, -0.2) is 0 Å². The molecule has 0 aromatic rings. The first-order valence-corrected chi connectivity index (χ1v) is 6.10. The maximum absolute atomic E-state index is 9.44. The fourth-order valence-corrected chi connectivity index (χ4v) is 0. The smallest absolute Gasteiger partial charge is 0.126 e. The van der Waals surface area contributed by atoms with Gasteiger partial charge < -0.3 is 12.2 Å². The van der Waals surface area contributed by atoms with Crippen LogP contribution in [0, 0.1) is 7.43 Å². The van der Waals surface area contributed by atoms with E-state index in [0.29, 0.717) is 0 Å². The van der Waals surface area contributed by atoms with E-state index in [4.69, 9.17) is 0 Å². The molecule has 24 heavy (non-hydrogen) atoms. The summed E-state index contributed by atoms with van der Waals surface area (Å²) in [5, 5.41) is 0. The number of ketones is 1. The molecular weight excluding hydrogens is 409 g/mol. The third kappa shape index (κ3) is 5460. The minimum absolute atomic E-state index is 0. The summed E-state index contributed by atoms with van der Waals surface area (Å²) in [4.78, 5) is 9.44. The molecule has 0 aromatic carbocycles. The van der Waals surface area contributed by atoms with Crippen LogP contribution in [-0.2, 0) is 37.5 Å². The summed E-state index contributed by atoms with van der Waals surface area (Å²) >= 11 is 3.50. The summed E-state index contributed by atoms with van der Waals surface area (Å²) in [6, 6.07) is 0. The van der Waals surface area contributed by atoms with E-state index in [-0.39, 0.29) is 135 Å². The summed E-state index contributed by atoms with van der Waals surface area (Å²) in [6.07, 6.45) is 8.17. The summed E-state index contributed by atoms with van der Waals surface area (Å²) in [5.74, 6) is 0.167. The van der Waals surface area contributed by atoms with E-state index in [9.17, 15) is 4.79 Å². The van der Waals surface area contributed by atoms with Crippen molar-refractivity contribution in [1.29, 1.82) is 0 Å². The van der Waals surface area contributed by atoms with Crippen LogP contribution >= 0.6 is 23.5 Å². The Balaban J connectivity index is -0.00000000159. The van der Waals surface area contributed by atoms with Gasteiger partial charge in [-0.3, -0.25) is 0 Å². The molecule has 1 nitrogen and oxygen atoms in total. The molecule has 0 unspecified atom stereocenters. The Bertz CT molecular complexity index is 59.6. The van der Waals surface area contributed by atoms with Gasteiger partial charge in [-0.1, -0.05) is 89.1 Å². The van der Waals surface area contributed by atoms with Gasteiger partial charge in [0, 0.05) is 32.7 Å². The monoisotopic (exact) mass is 478 g/mol. The molecule has 0 aliphatic carbocycles. The van der Waals surface area contributed by atoms with Crippen LogP contribution in [0.15, 0.2) is 0 Å². The molecule has 0 saturated heterocycles. The third-order valence-electron chi connectivity index (χ3n) is 0. The van der Waals surface area contributed by atoms with Gasteiger partial charge in [-0.2, -0.15) is 23.5 Å². The second-order valence-corrected chi connectivity index (χ2v) is 3.36. The number of hydrogen-bond donors (Lipinski definition) is 0. The number of hydrogen-bond acceptors (Lipinski definition) is 3. The van der Waals surface area contributed by atoms with Gasteiger partial charge in [-0.15, -0.1) is 0 Å². The molecule has 0 heterocycles. The van der Waals surface area contributed by atoms with E-state index >= 15 is 0 Å². The van der Waals surface area contributed by atoms with Gasteiger partial charge in [0.15, 0.2) is 0 Å². The SMILES string of the molecule is C.C.C.C.C.C.C.C.C.C.C.C.CC(C)=O.CSC.CSC.[CH3-].[Y]. The largest absolute Gasteiger partial charge is 0.358 e. The van der Waals surface area contributed by atoms with E-state index < -0.39 is 0 Å². The van der Waals surface area contributed by atoms with Crippen LogP contribution in [0.4, 0.5) is 0 Å². The maximum Gasteiger partial charge on any atom is 0.126 e. The van der Waals surface area contributed by atoms with Gasteiger partial charge in [0.2, 0.25) is 0 Å². The van der Waals surface area contributed by atoms with Gasteiger partial charge in [0.25, 0.3) is 0 Å². The first-order chi connectivity index (χ1) is 4.56. The van der Waals surface area contributed by atoms with Crippen LogP contribution in [0.1, 0.15) is 103 Å². The minimum Gasteiger partial charge on any atom is -0.358 e. The number of thioether (sulfide) groups is 2. The number of carbonyl (C=O) groups is 1. The molecule has 0 aromatic heterocycles. The van der Waals surface area contributed by atoms with E-state index in [2.05, 4.69) is 0 Å². The third-order valence-corrected chi connectivity index (χ3v) is 0. The van der Waals surface area contributed by atoms with Crippen molar-refractivity contribution in [2.45, 2.75) is 103 Å². The van der Waals surface area contributed by atoms with Gasteiger partial charge in [-0.05, 0) is 38.9 Å². The molecule has 0 saturated carbocycles. The zero-order valence-electron chi connectivity index (χ0n) is 9.30. The van der Waals surface area contributed by atoms with Gasteiger partial charge in [0.05, 0.1) is 0 Å². The Kier molecular flexibility index (Phi) is 2850. The van der Waals surface area contributed by atoms with Crippen LogP contribution < -0.4 is 0 Å². The Labute approximate surface area is 201 Å². The first-order valence-electron chi connectivity index (χ1n) is 2.84. The van der Waals surface area contributed by atoms with E-state index in [1.54, 1.807) is 23.5 Å². The quantitative estimate of drug-likeness (QED) is 0.322. The van der Waals surface area contributed by atoms with Crippen molar-refractivity contribution < 1.29 is 37.5 Å². The average molecular weight is 479 g/mol. The maximum atomic E-state index is 9.44.